The standard InChI is InChI=1S/C14H22N4/c1-4-9-16-13-7-6-8-14(17-13)18(5-2)11-12(3)10-15/h6-8,12H,4-5,9,11H2,1-3H3,(H,16,17). The zero-order chi connectivity index (χ0) is 13.4. The summed E-state index contributed by atoms with van der Waals surface area (Å²) in [5, 5.41) is 12.2. The summed E-state index contributed by atoms with van der Waals surface area (Å²) in [5.74, 6) is 1.84. The lowest BCUT2D eigenvalue weighted by Gasteiger charge is -2.23. The molecule has 98 valence electrons. The zero-order valence-electron chi connectivity index (χ0n) is 11.5. The Hall–Kier alpha value is -1.76. The number of pyridine rings is 1. The van der Waals surface area contributed by atoms with E-state index >= 15 is 0 Å². The normalized spacial score (nSPS) is 11.7. The predicted molar refractivity (Wildman–Crippen MR) is 75.7 cm³/mol. The molecule has 0 amide bonds. The molecule has 1 atom stereocenters. The quantitative estimate of drug-likeness (QED) is 0.803. The highest BCUT2D eigenvalue weighted by atomic mass is 15.2. The summed E-state index contributed by atoms with van der Waals surface area (Å²) >= 11 is 0. The van der Waals surface area contributed by atoms with Crippen LogP contribution in [0.4, 0.5) is 11.6 Å². The second-order valence-corrected chi connectivity index (χ2v) is 4.38. The van der Waals surface area contributed by atoms with Crippen LogP contribution in [0.3, 0.4) is 0 Å². The van der Waals surface area contributed by atoms with Crippen LogP contribution in [0, 0.1) is 17.2 Å². The van der Waals surface area contributed by atoms with Crippen molar-refractivity contribution in [2.24, 2.45) is 5.92 Å². The van der Waals surface area contributed by atoms with E-state index in [1.165, 1.54) is 0 Å². The fourth-order valence-corrected chi connectivity index (χ4v) is 1.71. The van der Waals surface area contributed by atoms with E-state index in [0.29, 0.717) is 0 Å². The Morgan fingerprint density at radius 3 is 2.83 bits per heavy atom. The second kappa shape index (κ2) is 7.54. The minimum Gasteiger partial charge on any atom is -0.370 e. The van der Waals surface area contributed by atoms with Gasteiger partial charge in [0, 0.05) is 19.6 Å². The van der Waals surface area contributed by atoms with Crippen LogP contribution in [0.5, 0.6) is 0 Å². The van der Waals surface area contributed by atoms with E-state index in [2.05, 4.69) is 35.1 Å². The monoisotopic (exact) mass is 246 g/mol. The summed E-state index contributed by atoms with van der Waals surface area (Å²) in [7, 11) is 0. The zero-order valence-corrected chi connectivity index (χ0v) is 11.5. The van der Waals surface area contributed by atoms with Crippen LogP contribution in [0.1, 0.15) is 27.2 Å². The topological polar surface area (TPSA) is 52.0 Å². The Kier molecular flexibility index (Phi) is 5.99. The minimum atomic E-state index is 0.0130. The number of nitrogens with zero attached hydrogens (tertiary/aromatic N) is 3. The lowest BCUT2D eigenvalue weighted by molar-refractivity contribution is 0.679. The number of aromatic nitrogens is 1. The Bertz CT molecular complexity index is 397. The van der Waals surface area contributed by atoms with E-state index in [4.69, 9.17) is 5.26 Å². The van der Waals surface area contributed by atoms with Gasteiger partial charge in [0.2, 0.25) is 0 Å². The Morgan fingerprint density at radius 2 is 2.22 bits per heavy atom. The van der Waals surface area contributed by atoms with Crippen LogP contribution in [0.15, 0.2) is 18.2 Å². The van der Waals surface area contributed by atoms with Crippen LogP contribution >= 0.6 is 0 Å². The highest BCUT2D eigenvalue weighted by molar-refractivity contribution is 5.47. The molecule has 0 fully saturated rings. The maximum absolute atomic E-state index is 8.89. The molecule has 0 bridgehead atoms. The van der Waals surface area contributed by atoms with Crippen molar-refractivity contribution in [1.82, 2.24) is 4.98 Å². The van der Waals surface area contributed by atoms with Crippen LogP contribution in [0.25, 0.3) is 0 Å². The van der Waals surface area contributed by atoms with Crippen LogP contribution in [-0.2, 0) is 0 Å². The molecule has 0 aliphatic carbocycles. The number of rotatable bonds is 7. The lowest BCUT2D eigenvalue weighted by atomic mass is 10.2. The van der Waals surface area contributed by atoms with Gasteiger partial charge in [0.15, 0.2) is 0 Å². The molecule has 1 rings (SSSR count). The molecule has 1 N–H and O–H groups in total. The minimum absolute atomic E-state index is 0.0130. The van der Waals surface area contributed by atoms with Gasteiger partial charge in [0.1, 0.15) is 11.6 Å². The largest absolute Gasteiger partial charge is 0.370 e. The van der Waals surface area contributed by atoms with Gasteiger partial charge < -0.3 is 10.2 Å². The first kappa shape index (κ1) is 14.3. The smallest absolute Gasteiger partial charge is 0.130 e. The number of nitriles is 1. The molecule has 0 saturated carbocycles. The molecule has 0 aliphatic rings. The molecule has 0 aromatic carbocycles. The second-order valence-electron chi connectivity index (χ2n) is 4.38. The molecule has 1 heterocycles. The molecule has 18 heavy (non-hydrogen) atoms. The number of nitrogens with one attached hydrogen (secondary N) is 1. The third kappa shape index (κ3) is 4.25. The Morgan fingerprint density at radius 1 is 1.44 bits per heavy atom. The van der Waals surface area contributed by atoms with Gasteiger partial charge in [0.25, 0.3) is 0 Å². The predicted octanol–water partition coefficient (Wildman–Crippen LogP) is 2.89. The van der Waals surface area contributed by atoms with Gasteiger partial charge in [-0.15, -0.1) is 0 Å². The van der Waals surface area contributed by atoms with E-state index in [9.17, 15) is 0 Å². The van der Waals surface area contributed by atoms with Crippen LogP contribution in [-0.4, -0.2) is 24.6 Å². The van der Waals surface area contributed by atoms with Gasteiger partial charge in [-0.25, -0.2) is 4.98 Å². The van der Waals surface area contributed by atoms with Gasteiger partial charge in [-0.3, -0.25) is 0 Å². The Balaban J connectivity index is 2.76. The summed E-state index contributed by atoms with van der Waals surface area (Å²) in [6.07, 6.45) is 1.08. The fourth-order valence-electron chi connectivity index (χ4n) is 1.71. The molecule has 0 aliphatic heterocycles. The first-order valence-electron chi connectivity index (χ1n) is 6.56. The number of anilines is 2. The molecule has 4 nitrogen and oxygen atoms in total. The third-order valence-electron chi connectivity index (χ3n) is 2.71. The van der Waals surface area contributed by atoms with E-state index in [1.54, 1.807) is 0 Å². The van der Waals surface area contributed by atoms with E-state index in [1.807, 2.05) is 25.1 Å². The summed E-state index contributed by atoms with van der Waals surface area (Å²) in [6, 6.07) is 8.23. The molecule has 0 radical (unpaired) electrons. The molecule has 1 unspecified atom stereocenters. The van der Waals surface area contributed by atoms with Gasteiger partial charge in [-0.05, 0) is 32.4 Å². The summed E-state index contributed by atoms with van der Waals surface area (Å²) in [4.78, 5) is 6.70. The van der Waals surface area contributed by atoms with Crippen molar-refractivity contribution in [3.8, 4) is 6.07 Å². The molecule has 0 spiro atoms. The maximum Gasteiger partial charge on any atom is 0.130 e. The molecular weight excluding hydrogens is 224 g/mol. The third-order valence-corrected chi connectivity index (χ3v) is 2.71. The van der Waals surface area contributed by atoms with Crippen molar-refractivity contribution < 1.29 is 0 Å². The van der Waals surface area contributed by atoms with Crippen molar-refractivity contribution >= 4 is 11.6 Å². The van der Waals surface area contributed by atoms with Crippen molar-refractivity contribution in [2.45, 2.75) is 27.2 Å². The molecule has 0 saturated heterocycles. The lowest BCUT2D eigenvalue weighted by Crippen LogP contribution is -2.28. The average molecular weight is 246 g/mol. The van der Waals surface area contributed by atoms with Crippen LogP contribution in [0.2, 0.25) is 0 Å². The SMILES string of the molecule is CCCNc1cccc(N(CC)CC(C)C#N)n1. The molecule has 1 aromatic heterocycles. The Labute approximate surface area is 110 Å². The van der Waals surface area contributed by atoms with E-state index in [-0.39, 0.29) is 5.92 Å². The van der Waals surface area contributed by atoms with Gasteiger partial charge in [-0.2, -0.15) is 5.26 Å². The number of hydrogen-bond acceptors (Lipinski definition) is 4. The number of hydrogen-bond donors (Lipinski definition) is 1. The maximum atomic E-state index is 8.89. The highest BCUT2D eigenvalue weighted by Gasteiger charge is 2.10. The van der Waals surface area contributed by atoms with Crippen molar-refractivity contribution in [1.29, 1.82) is 5.26 Å². The van der Waals surface area contributed by atoms with E-state index in [0.717, 1.165) is 37.7 Å². The van der Waals surface area contributed by atoms with Gasteiger partial charge >= 0.3 is 0 Å². The summed E-state index contributed by atoms with van der Waals surface area (Å²) < 4.78 is 0. The van der Waals surface area contributed by atoms with Crippen molar-refractivity contribution in [3.05, 3.63) is 18.2 Å². The first-order valence-corrected chi connectivity index (χ1v) is 6.56. The van der Waals surface area contributed by atoms with E-state index < -0.39 is 0 Å². The molecular formula is C14H22N4. The first-order chi connectivity index (χ1) is 8.71. The molecule has 4 heteroatoms. The van der Waals surface area contributed by atoms with Gasteiger partial charge in [-0.1, -0.05) is 13.0 Å². The van der Waals surface area contributed by atoms with Gasteiger partial charge in [0.05, 0.1) is 12.0 Å². The highest BCUT2D eigenvalue weighted by Crippen LogP contribution is 2.15. The average Bonchev–Trinajstić information content (AvgIpc) is 2.42. The fraction of sp³-hybridized carbons (Fsp3) is 0.571. The van der Waals surface area contributed by atoms with Crippen molar-refractivity contribution in [3.63, 3.8) is 0 Å². The summed E-state index contributed by atoms with van der Waals surface area (Å²) in [6.45, 7) is 8.65. The molecule has 1 aromatic rings. The van der Waals surface area contributed by atoms with Crippen molar-refractivity contribution in [2.75, 3.05) is 29.9 Å². The van der Waals surface area contributed by atoms with Crippen LogP contribution < -0.4 is 10.2 Å². The summed E-state index contributed by atoms with van der Waals surface area (Å²) in [5.41, 5.74) is 0.